The van der Waals surface area contributed by atoms with Crippen LogP contribution in [0.1, 0.15) is 5.56 Å². The fourth-order valence-electron chi connectivity index (χ4n) is 1.29. The second-order valence-corrected chi connectivity index (χ2v) is 3.17. The lowest BCUT2D eigenvalue weighted by molar-refractivity contribution is -0.643. The summed E-state index contributed by atoms with van der Waals surface area (Å²) in [5, 5.41) is 14.7. The Morgan fingerprint density at radius 1 is 1.35 bits per heavy atom. The van der Waals surface area contributed by atoms with Gasteiger partial charge in [0.25, 0.3) is 5.52 Å². The topological polar surface area (TPSA) is 62.0 Å². The van der Waals surface area contributed by atoms with Gasteiger partial charge in [-0.1, -0.05) is 0 Å². The smallest absolute Gasteiger partial charge is 0.416 e. The standard InChI is InChI=1S/C9H6F3N3O2/c1-17-8-13-6-3-2-5(9(10,11)12)4-7(6)15(16)14-8/h2-4H,1H3. The number of halogens is 3. The number of aromatic nitrogens is 3. The Kier molecular flexibility index (Phi) is 2.49. The Balaban J connectivity index is 2.67. The number of hydrogen-bond acceptors (Lipinski definition) is 4. The molecule has 17 heavy (non-hydrogen) atoms. The number of rotatable bonds is 1. The minimum atomic E-state index is -4.51. The first-order valence-corrected chi connectivity index (χ1v) is 4.44. The maximum Gasteiger partial charge on any atom is 0.416 e. The molecule has 0 amide bonds. The number of benzene rings is 1. The van der Waals surface area contributed by atoms with E-state index in [9.17, 15) is 18.4 Å². The Labute approximate surface area is 93.0 Å². The molecule has 1 heterocycles. The number of ether oxygens (including phenoxy) is 1. The zero-order valence-corrected chi connectivity index (χ0v) is 8.52. The second-order valence-electron chi connectivity index (χ2n) is 3.17. The highest BCUT2D eigenvalue weighted by molar-refractivity contribution is 5.71. The van der Waals surface area contributed by atoms with Crippen molar-refractivity contribution in [1.29, 1.82) is 0 Å². The molecule has 0 saturated carbocycles. The first-order chi connectivity index (χ1) is 7.91. The van der Waals surface area contributed by atoms with Crippen molar-refractivity contribution in [2.24, 2.45) is 0 Å². The number of hydrogen-bond donors (Lipinski definition) is 0. The molecule has 0 atom stereocenters. The average Bonchev–Trinajstić information content (AvgIpc) is 2.27. The first kappa shape index (κ1) is 11.4. The zero-order chi connectivity index (χ0) is 12.6. The van der Waals surface area contributed by atoms with E-state index in [1.807, 2.05) is 0 Å². The van der Waals surface area contributed by atoms with Gasteiger partial charge in [-0.2, -0.15) is 18.2 Å². The molecule has 0 fully saturated rings. The van der Waals surface area contributed by atoms with E-state index in [0.717, 1.165) is 12.1 Å². The summed E-state index contributed by atoms with van der Waals surface area (Å²) in [5.74, 6) is 0. The van der Waals surface area contributed by atoms with Crippen LogP contribution >= 0.6 is 0 Å². The Hall–Kier alpha value is -2.12. The molecule has 0 N–H and O–H groups in total. The van der Waals surface area contributed by atoms with Crippen molar-refractivity contribution in [3.63, 3.8) is 0 Å². The van der Waals surface area contributed by atoms with Crippen molar-refractivity contribution in [1.82, 2.24) is 10.1 Å². The monoisotopic (exact) mass is 245 g/mol. The summed E-state index contributed by atoms with van der Waals surface area (Å²) in [6, 6.07) is 2.43. The molecule has 0 aliphatic carbocycles. The second kappa shape index (κ2) is 3.72. The molecule has 2 aromatic rings. The van der Waals surface area contributed by atoms with Crippen molar-refractivity contribution < 1.29 is 22.8 Å². The zero-order valence-electron chi connectivity index (χ0n) is 8.52. The average molecular weight is 245 g/mol. The van der Waals surface area contributed by atoms with Crippen LogP contribution in [0, 0.1) is 5.21 Å². The molecular weight excluding hydrogens is 239 g/mol. The largest absolute Gasteiger partial charge is 0.594 e. The number of nitrogens with zero attached hydrogens (tertiary/aromatic N) is 3. The summed E-state index contributed by atoms with van der Waals surface area (Å²) in [4.78, 5) is 3.81. The van der Waals surface area contributed by atoms with Crippen LogP contribution < -0.4 is 9.58 Å². The van der Waals surface area contributed by atoms with E-state index in [4.69, 9.17) is 0 Å². The molecule has 0 radical (unpaired) electrons. The highest BCUT2D eigenvalue weighted by Crippen LogP contribution is 2.30. The maximum absolute atomic E-state index is 12.4. The van der Waals surface area contributed by atoms with Gasteiger partial charge in [-0.3, -0.25) is 0 Å². The Bertz CT molecular complexity index is 571. The van der Waals surface area contributed by atoms with Crippen LogP contribution in [0.3, 0.4) is 0 Å². The summed E-state index contributed by atoms with van der Waals surface area (Å²) in [6.45, 7) is 0. The van der Waals surface area contributed by atoms with Crippen LogP contribution in [0.15, 0.2) is 18.2 Å². The van der Waals surface area contributed by atoms with Gasteiger partial charge in [-0.25, -0.2) is 0 Å². The summed E-state index contributed by atoms with van der Waals surface area (Å²) in [7, 11) is 1.26. The molecule has 8 heteroatoms. The van der Waals surface area contributed by atoms with Crippen molar-refractivity contribution in [2.75, 3.05) is 7.11 Å². The molecule has 90 valence electrons. The van der Waals surface area contributed by atoms with Crippen LogP contribution in [0.5, 0.6) is 6.01 Å². The summed E-state index contributed by atoms with van der Waals surface area (Å²) in [6.07, 6.45) is -4.51. The third kappa shape index (κ3) is 2.05. The quantitative estimate of drug-likeness (QED) is 0.561. The fraction of sp³-hybridized carbons (Fsp3) is 0.222. The van der Waals surface area contributed by atoms with Crippen LogP contribution in [0.2, 0.25) is 0 Å². The van der Waals surface area contributed by atoms with E-state index in [1.54, 1.807) is 0 Å². The van der Waals surface area contributed by atoms with Gasteiger partial charge in [0.2, 0.25) is 0 Å². The van der Waals surface area contributed by atoms with Crippen molar-refractivity contribution in [3.8, 4) is 6.01 Å². The molecule has 0 saturated heterocycles. The van der Waals surface area contributed by atoms with Crippen LogP contribution in [0.25, 0.3) is 11.0 Å². The van der Waals surface area contributed by atoms with E-state index in [0.29, 0.717) is 6.07 Å². The van der Waals surface area contributed by atoms with Crippen molar-refractivity contribution in [3.05, 3.63) is 29.0 Å². The van der Waals surface area contributed by atoms with Crippen molar-refractivity contribution >= 4 is 11.0 Å². The van der Waals surface area contributed by atoms with E-state index in [2.05, 4.69) is 14.8 Å². The highest BCUT2D eigenvalue weighted by Gasteiger charge is 2.32. The Morgan fingerprint density at radius 2 is 2.06 bits per heavy atom. The highest BCUT2D eigenvalue weighted by atomic mass is 19.4. The van der Waals surface area contributed by atoms with Crippen molar-refractivity contribution in [2.45, 2.75) is 6.18 Å². The van der Waals surface area contributed by atoms with Crippen LogP contribution in [-0.4, -0.2) is 17.2 Å². The van der Waals surface area contributed by atoms with E-state index in [1.165, 1.54) is 7.11 Å². The van der Waals surface area contributed by atoms with E-state index >= 15 is 0 Å². The summed E-state index contributed by atoms with van der Waals surface area (Å²) >= 11 is 0. The lowest BCUT2D eigenvalue weighted by Gasteiger charge is -2.06. The van der Waals surface area contributed by atoms with Gasteiger partial charge >= 0.3 is 12.2 Å². The SMILES string of the molecule is COc1nc2ccc(C(F)(F)F)cc2[n+]([O-])n1. The van der Waals surface area contributed by atoms with Gasteiger partial charge in [-0.05, 0) is 17.0 Å². The Morgan fingerprint density at radius 3 is 2.65 bits per heavy atom. The predicted molar refractivity (Wildman–Crippen MR) is 50.1 cm³/mol. The molecule has 1 aromatic heterocycles. The molecule has 5 nitrogen and oxygen atoms in total. The van der Waals surface area contributed by atoms with Gasteiger partial charge in [0.05, 0.1) is 17.8 Å². The molecule has 0 aliphatic rings. The molecule has 0 spiro atoms. The summed E-state index contributed by atoms with van der Waals surface area (Å²) < 4.78 is 41.9. The predicted octanol–water partition coefficient (Wildman–Crippen LogP) is 1.29. The van der Waals surface area contributed by atoms with Gasteiger partial charge in [0, 0.05) is 6.07 Å². The third-order valence-corrected chi connectivity index (χ3v) is 2.08. The minimum absolute atomic E-state index is 0.0520. The lowest BCUT2D eigenvalue weighted by Crippen LogP contribution is -2.33. The van der Waals surface area contributed by atoms with Crippen LogP contribution in [-0.2, 0) is 6.18 Å². The van der Waals surface area contributed by atoms with Crippen LogP contribution in [0.4, 0.5) is 13.2 Å². The molecule has 1 aromatic carbocycles. The maximum atomic E-state index is 12.4. The molecular formula is C9H6F3N3O2. The molecule has 2 rings (SSSR count). The van der Waals surface area contributed by atoms with Gasteiger partial charge in [0.15, 0.2) is 0 Å². The van der Waals surface area contributed by atoms with Gasteiger partial charge < -0.3 is 9.94 Å². The number of alkyl halides is 3. The van der Waals surface area contributed by atoms with Gasteiger partial charge in [-0.15, -0.1) is 0 Å². The van der Waals surface area contributed by atoms with E-state index < -0.39 is 11.7 Å². The fourth-order valence-corrected chi connectivity index (χ4v) is 1.29. The first-order valence-electron chi connectivity index (χ1n) is 4.44. The summed E-state index contributed by atoms with van der Waals surface area (Å²) in [5.41, 5.74) is -1.11. The lowest BCUT2D eigenvalue weighted by atomic mass is 10.2. The number of fused-ring (bicyclic) bond motifs is 1. The third-order valence-electron chi connectivity index (χ3n) is 2.08. The molecule has 0 bridgehead atoms. The molecule has 0 unspecified atom stereocenters. The van der Waals surface area contributed by atoms with Gasteiger partial charge in [0.1, 0.15) is 5.52 Å². The number of methoxy groups -OCH3 is 1. The normalized spacial score (nSPS) is 11.8. The van der Waals surface area contributed by atoms with E-state index in [-0.39, 0.29) is 21.9 Å². The minimum Gasteiger partial charge on any atom is -0.594 e. The molecule has 0 aliphatic heterocycles.